The summed E-state index contributed by atoms with van der Waals surface area (Å²) in [6.45, 7) is 6.53. The van der Waals surface area contributed by atoms with Crippen molar-refractivity contribution in [2.24, 2.45) is 0 Å². The number of amides is 1. The molecule has 1 saturated heterocycles. The second kappa shape index (κ2) is 10.3. The molecule has 0 aliphatic carbocycles. The van der Waals surface area contributed by atoms with E-state index in [1.807, 2.05) is 55.1 Å². The van der Waals surface area contributed by atoms with Gasteiger partial charge in [0.05, 0.1) is 24.3 Å². The molecule has 4 aromatic rings. The summed E-state index contributed by atoms with van der Waals surface area (Å²) in [7, 11) is 2.17. The second-order valence-corrected chi connectivity index (χ2v) is 11.0. The van der Waals surface area contributed by atoms with Crippen molar-refractivity contribution in [3.05, 3.63) is 89.1 Å². The topological polar surface area (TPSA) is 67.2 Å². The van der Waals surface area contributed by atoms with Crippen LogP contribution in [0.15, 0.2) is 60.9 Å². The molecule has 200 valence electrons. The fourth-order valence-electron chi connectivity index (χ4n) is 5.68. The maximum absolute atomic E-state index is 14.6. The molecule has 2 aromatic heterocycles. The minimum Gasteiger partial charge on any atom is -0.306 e. The Morgan fingerprint density at radius 2 is 1.82 bits per heavy atom. The van der Waals surface area contributed by atoms with Crippen LogP contribution in [0.4, 0.5) is 10.2 Å². The molecule has 8 heteroatoms. The summed E-state index contributed by atoms with van der Waals surface area (Å²) >= 11 is 0. The number of hydrogen-bond donors (Lipinski definition) is 0. The van der Waals surface area contributed by atoms with E-state index in [4.69, 9.17) is 10.1 Å². The highest BCUT2D eigenvalue weighted by Crippen LogP contribution is 2.34. The van der Waals surface area contributed by atoms with Crippen molar-refractivity contribution in [1.82, 2.24) is 24.6 Å². The van der Waals surface area contributed by atoms with Crippen LogP contribution >= 0.6 is 0 Å². The number of nitrogens with zero attached hydrogens (tertiary/aromatic N) is 6. The van der Waals surface area contributed by atoms with Gasteiger partial charge in [0.15, 0.2) is 5.82 Å². The molecule has 6 rings (SSSR count). The van der Waals surface area contributed by atoms with Gasteiger partial charge >= 0.3 is 0 Å². The van der Waals surface area contributed by atoms with Gasteiger partial charge in [-0.2, -0.15) is 5.10 Å². The van der Waals surface area contributed by atoms with Crippen molar-refractivity contribution < 1.29 is 9.18 Å². The number of rotatable bonds is 6. The lowest BCUT2D eigenvalue weighted by Gasteiger charge is -2.27. The minimum atomic E-state index is -0.268. The van der Waals surface area contributed by atoms with Crippen LogP contribution in [-0.2, 0) is 17.8 Å². The molecule has 1 amide bonds. The van der Waals surface area contributed by atoms with Crippen LogP contribution in [0.1, 0.15) is 60.9 Å². The molecule has 7 nitrogen and oxygen atoms in total. The second-order valence-electron chi connectivity index (χ2n) is 11.0. The van der Waals surface area contributed by atoms with Crippen molar-refractivity contribution in [3.63, 3.8) is 0 Å². The first-order chi connectivity index (χ1) is 18.9. The van der Waals surface area contributed by atoms with Crippen LogP contribution in [0.5, 0.6) is 0 Å². The standard InChI is InChI=1S/C31H33FN6O/c1-20(2)29-25(5-4-6-26(29)32)30-33-18-23-17-28(39)37(31(23)34-30)19-21-7-9-24(10-8-21)38-16-13-27(35-38)22-11-14-36(3)15-12-22/h4-10,13,16,18,20,22H,11-12,14-15,17,19H2,1-3H3. The third-order valence-electron chi connectivity index (χ3n) is 7.90. The Labute approximate surface area is 228 Å². The van der Waals surface area contributed by atoms with Crippen LogP contribution in [0.2, 0.25) is 0 Å². The lowest BCUT2D eigenvalue weighted by atomic mass is 9.94. The summed E-state index contributed by atoms with van der Waals surface area (Å²) in [6.07, 6.45) is 6.27. The van der Waals surface area contributed by atoms with Crippen molar-refractivity contribution in [2.45, 2.75) is 51.5 Å². The Bertz CT molecular complexity index is 1500. The zero-order chi connectivity index (χ0) is 27.1. The highest BCUT2D eigenvalue weighted by Gasteiger charge is 2.30. The zero-order valence-electron chi connectivity index (χ0n) is 22.6. The molecule has 2 aliphatic heterocycles. The third kappa shape index (κ3) is 4.96. The predicted octanol–water partition coefficient (Wildman–Crippen LogP) is 5.49. The molecule has 0 unspecified atom stereocenters. The number of carbonyl (C=O) groups is 1. The summed E-state index contributed by atoms with van der Waals surface area (Å²) in [4.78, 5) is 26.3. The molecule has 0 saturated carbocycles. The number of fused-ring (bicyclic) bond motifs is 1. The average Bonchev–Trinajstić information content (AvgIpc) is 3.54. The number of carbonyl (C=O) groups excluding carboxylic acids is 1. The summed E-state index contributed by atoms with van der Waals surface area (Å²) < 4.78 is 16.6. The fraction of sp³-hybridized carbons (Fsp3) is 0.355. The molecule has 2 aliphatic rings. The number of piperidine rings is 1. The Balaban J connectivity index is 1.21. The van der Waals surface area contributed by atoms with Gasteiger partial charge in [-0.05, 0) is 68.7 Å². The van der Waals surface area contributed by atoms with Gasteiger partial charge < -0.3 is 4.90 Å². The van der Waals surface area contributed by atoms with E-state index in [-0.39, 0.29) is 24.1 Å². The van der Waals surface area contributed by atoms with E-state index < -0.39 is 0 Å². The lowest BCUT2D eigenvalue weighted by molar-refractivity contribution is -0.117. The molecule has 0 spiro atoms. The van der Waals surface area contributed by atoms with E-state index in [1.54, 1.807) is 17.2 Å². The van der Waals surface area contributed by atoms with E-state index in [1.165, 1.54) is 6.07 Å². The van der Waals surface area contributed by atoms with E-state index in [2.05, 4.69) is 23.0 Å². The number of anilines is 1. The van der Waals surface area contributed by atoms with Gasteiger partial charge in [-0.25, -0.2) is 19.0 Å². The summed E-state index contributed by atoms with van der Waals surface area (Å²) in [5, 5.41) is 4.86. The average molecular weight is 525 g/mol. The number of aromatic nitrogens is 4. The van der Waals surface area contributed by atoms with Crippen molar-refractivity contribution in [1.29, 1.82) is 0 Å². The third-order valence-corrected chi connectivity index (χ3v) is 7.90. The highest BCUT2D eigenvalue weighted by molar-refractivity contribution is 6.00. The first-order valence-electron chi connectivity index (χ1n) is 13.7. The van der Waals surface area contributed by atoms with Crippen molar-refractivity contribution in [2.75, 3.05) is 25.0 Å². The van der Waals surface area contributed by atoms with Gasteiger partial charge in [-0.15, -0.1) is 0 Å². The Kier molecular flexibility index (Phi) is 6.73. The monoisotopic (exact) mass is 524 g/mol. The van der Waals surface area contributed by atoms with Crippen LogP contribution in [0.25, 0.3) is 17.1 Å². The van der Waals surface area contributed by atoms with E-state index in [0.29, 0.717) is 35.2 Å². The van der Waals surface area contributed by atoms with E-state index in [9.17, 15) is 9.18 Å². The molecule has 0 atom stereocenters. The highest BCUT2D eigenvalue weighted by atomic mass is 19.1. The molecule has 0 bridgehead atoms. The van der Waals surface area contributed by atoms with Gasteiger partial charge in [0, 0.05) is 35.0 Å². The fourth-order valence-corrected chi connectivity index (χ4v) is 5.68. The zero-order valence-corrected chi connectivity index (χ0v) is 22.6. The SMILES string of the molecule is CC(C)c1c(F)cccc1-c1ncc2c(n1)N(Cc1ccc(-n3ccc(C4CCN(C)CC4)n3)cc1)C(=O)C2. The normalized spacial score (nSPS) is 16.3. The Morgan fingerprint density at radius 1 is 1.05 bits per heavy atom. The Hall–Kier alpha value is -3.91. The van der Waals surface area contributed by atoms with Crippen LogP contribution < -0.4 is 4.90 Å². The van der Waals surface area contributed by atoms with Gasteiger partial charge in [0.25, 0.3) is 0 Å². The first kappa shape index (κ1) is 25.4. The molecular weight excluding hydrogens is 491 g/mol. The molecule has 39 heavy (non-hydrogen) atoms. The first-order valence-corrected chi connectivity index (χ1v) is 13.7. The summed E-state index contributed by atoms with van der Waals surface area (Å²) in [6, 6.07) is 15.2. The molecule has 0 radical (unpaired) electrons. The van der Waals surface area contributed by atoms with E-state index in [0.717, 1.165) is 48.4 Å². The minimum absolute atomic E-state index is 0.0151. The van der Waals surface area contributed by atoms with Gasteiger partial charge in [0.1, 0.15) is 11.6 Å². The molecule has 4 heterocycles. The quantitative estimate of drug-likeness (QED) is 0.334. The number of benzene rings is 2. The van der Waals surface area contributed by atoms with Crippen molar-refractivity contribution >= 4 is 11.7 Å². The van der Waals surface area contributed by atoms with Crippen LogP contribution in [0.3, 0.4) is 0 Å². The summed E-state index contributed by atoms with van der Waals surface area (Å²) in [5.41, 5.74) is 5.18. The predicted molar refractivity (Wildman–Crippen MR) is 149 cm³/mol. The van der Waals surface area contributed by atoms with Gasteiger partial charge in [-0.1, -0.05) is 38.1 Å². The van der Waals surface area contributed by atoms with E-state index >= 15 is 0 Å². The van der Waals surface area contributed by atoms with Gasteiger partial charge in [0.2, 0.25) is 5.91 Å². The summed E-state index contributed by atoms with van der Waals surface area (Å²) in [5.74, 6) is 1.24. The Morgan fingerprint density at radius 3 is 2.56 bits per heavy atom. The van der Waals surface area contributed by atoms with Crippen LogP contribution in [-0.4, -0.2) is 50.7 Å². The van der Waals surface area contributed by atoms with Gasteiger partial charge in [-0.3, -0.25) is 9.69 Å². The molecule has 2 aromatic carbocycles. The largest absolute Gasteiger partial charge is 0.306 e. The maximum atomic E-state index is 14.6. The number of hydrogen-bond acceptors (Lipinski definition) is 5. The molecule has 1 fully saturated rings. The number of halogens is 1. The van der Waals surface area contributed by atoms with Crippen LogP contribution in [0, 0.1) is 5.82 Å². The maximum Gasteiger partial charge on any atom is 0.233 e. The molecular formula is C31H33FN6O. The number of likely N-dealkylation sites (tertiary alicyclic amines) is 1. The smallest absolute Gasteiger partial charge is 0.233 e. The lowest BCUT2D eigenvalue weighted by Crippen LogP contribution is -2.29. The van der Waals surface area contributed by atoms with Crippen molar-refractivity contribution in [3.8, 4) is 17.1 Å². The molecule has 0 N–H and O–H groups in total.